The number of fused-ring (bicyclic) bond motifs is 1. The van der Waals surface area contributed by atoms with Gasteiger partial charge in [0, 0.05) is 29.5 Å². The van der Waals surface area contributed by atoms with Crippen molar-refractivity contribution in [3.63, 3.8) is 0 Å². The highest BCUT2D eigenvalue weighted by atomic mass is 35.5. The number of hydrogen-bond acceptors (Lipinski definition) is 4. The molecule has 5 nitrogen and oxygen atoms in total. The first-order chi connectivity index (χ1) is 11.2. The van der Waals surface area contributed by atoms with Crippen molar-refractivity contribution in [3.8, 4) is 11.5 Å². The van der Waals surface area contributed by atoms with Gasteiger partial charge in [0.1, 0.15) is 0 Å². The number of rotatable bonds is 5. The molecule has 3 rings (SSSR count). The van der Waals surface area contributed by atoms with Crippen LogP contribution >= 0.6 is 12.4 Å². The van der Waals surface area contributed by atoms with Crippen LogP contribution < -0.4 is 20.1 Å². The molecule has 1 heterocycles. The van der Waals surface area contributed by atoms with Gasteiger partial charge in [-0.2, -0.15) is 0 Å². The van der Waals surface area contributed by atoms with E-state index >= 15 is 0 Å². The molecule has 1 aliphatic rings. The molecule has 0 atom stereocenters. The van der Waals surface area contributed by atoms with Gasteiger partial charge in [-0.05, 0) is 49.2 Å². The zero-order valence-electron chi connectivity index (χ0n) is 13.7. The van der Waals surface area contributed by atoms with Gasteiger partial charge in [0.05, 0.1) is 13.7 Å². The summed E-state index contributed by atoms with van der Waals surface area (Å²) in [5.74, 6) is 1.13. The van der Waals surface area contributed by atoms with Crippen LogP contribution in [-0.4, -0.2) is 26.2 Å². The molecule has 0 radical (unpaired) electrons. The van der Waals surface area contributed by atoms with Gasteiger partial charge in [0.15, 0.2) is 11.5 Å². The number of nitrogens with one attached hydrogen (secondary N) is 2. The number of halogens is 1. The second-order valence-electron chi connectivity index (χ2n) is 5.30. The Bertz CT molecular complexity index is 734. The predicted octanol–water partition coefficient (Wildman–Crippen LogP) is 3.74. The lowest BCUT2D eigenvalue weighted by molar-refractivity contribution is 0.102. The lowest BCUT2D eigenvalue weighted by Crippen LogP contribution is -2.12. The van der Waals surface area contributed by atoms with E-state index in [4.69, 9.17) is 9.47 Å². The first-order valence-electron chi connectivity index (χ1n) is 7.70. The Labute approximate surface area is 147 Å². The Hall–Kier alpha value is -2.40. The summed E-state index contributed by atoms with van der Waals surface area (Å²) < 4.78 is 10.8. The minimum absolute atomic E-state index is 0. The van der Waals surface area contributed by atoms with Crippen molar-refractivity contribution < 1.29 is 14.3 Å². The Morgan fingerprint density at radius 2 is 2.04 bits per heavy atom. The van der Waals surface area contributed by atoms with Crippen molar-refractivity contribution in [3.05, 3.63) is 47.5 Å². The van der Waals surface area contributed by atoms with E-state index in [0.29, 0.717) is 29.4 Å². The van der Waals surface area contributed by atoms with Gasteiger partial charge in [-0.3, -0.25) is 4.79 Å². The molecule has 6 heteroatoms. The number of ether oxygens (including phenoxy) is 2. The number of carbonyl (C=O) groups is 1. The first-order valence-corrected chi connectivity index (χ1v) is 7.70. The van der Waals surface area contributed by atoms with Crippen LogP contribution in [0.5, 0.6) is 11.5 Å². The van der Waals surface area contributed by atoms with Crippen LogP contribution in [0.15, 0.2) is 36.4 Å². The summed E-state index contributed by atoms with van der Waals surface area (Å²) >= 11 is 0. The molecule has 0 unspecified atom stereocenters. The SMILES string of the molecule is CCOc1cc(NC(=O)c2ccc3c(c2)CCN3)ccc1OC.Cl. The van der Waals surface area contributed by atoms with Gasteiger partial charge in [0.2, 0.25) is 0 Å². The van der Waals surface area contributed by atoms with Gasteiger partial charge in [0.25, 0.3) is 5.91 Å². The molecular weight excluding hydrogens is 328 g/mol. The van der Waals surface area contributed by atoms with E-state index in [2.05, 4.69) is 10.6 Å². The molecule has 0 saturated heterocycles. The van der Waals surface area contributed by atoms with Gasteiger partial charge in [-0.1, -0.05) is 0 Å². The van der Waals surface area contributed by atoms with Crippen molar-refractivity contribution in [2.75, 3.05) is 30.9 Å². The van der Waals surface area contributed by atoms with Gasteiger partial charge in [-0.25, -0.2) is 0 Å². The van der Waals surface area contributed by atoms with Crippen LogP contribution in [0.1, 0.15) is 22.8 Å². The average molecular weight is 349 g/mol. The molecule has 0 fully saturated rings. The summed E-state index contributed by atoms with van der Waals surface area (Å²) in [6.07, 6.45) is 0.952. The molecule has 24 heavy (non-hydrogen) atoms. The molecule has 2 aromatic rings. The third-order valence-electron chi connectivity index (χ3n) is 3.80. The van der Waals surface area contributed by atoms with E-state index < -0.39 is 0 Å². The second-order valence-corrected chi connectivity index (χ2v) is 5.30. The Kier molecular flexibility index (Phi) is 5.93. The van der Waals surface area contributed by atoms with E-state index in [-0.39, 0.29) is 18.3 Å². The highest BCUT2D eigenvalue weighted by Crippen LogP contribution is 2.30. The minimum Gasteiger partial charge on any atom is -0.493 e. The molecule has 0 aliphatic carbocycles. The summed E-state index contributed by atoms with van der Waals surface area (Å²) in [6, 6.07) is 11.1. The van der Waals surface area contributed by atoms with Crippen molar-refractivity contribution in [1.82, 2.24) is 0 Å². The fraction of sp³-hybridized carbons (Fsp3) is 0.278. The van der Waals surface area contributed by atoms with E-state index in [1.165, 1.54) is 5.56 Å². The van der Waals surface area contributed by atoms with Crippen LogP contribution in [0.25, 0.3) is 0 Å². The lowest BCUT2D eigenvalue weighted by atomic mass is 10.1. The largest absolute Gasteiger partial charge is 0.493 e. The number of methoxy groups -OCH3 is 1. The fourth-order valence-corrected chi connectivity index (χ4v) is 2.67. The molecule has 0 aromatic heterocycles. The van der Waals surface area contributed by atoms with Crippen molar-refractivity contribution >= 4 is 29.7 Å². The summed E-state index contributed by atoms with van der Waals surface area (Å²) in [6.45, 7) is 3.37. The predicted molar refractivity (Wildman–Crippen MR) is 98.0 cm³/mol. The third-order valence-corrected chi connectivity index (χ3v) is 3.80. The number of hydrogen-bond donors (Lipinski definition) is 2. The third kappa shape index (κ3) is 3.74. The van der Waals surface area contributed by atoms with E-state index in [0.717, 1.165) is 18.7 Å². The van der Waals surface area contributed by atoms with Crippen molar-refractivity contribution in [2.45, 2.75) is 13.3 Å². The molecule has 0 spiro atoms. The maximum Gasteiger partial charge on any atom is 0.255 e. The lowest BCUT2D eigenvalue weighted by Gasteiger charge is -2.12. The molecule has 0 saturated carbocycles. The van der Waals surface area contributed by atoms with Gasteiger partial charge in [-0.15, -0.1) is 12.4 Å². The topological polar surface area (TPSA) is 59.6 Å². The molecular formula is C18H21ClN2O3. The molecule has 1 aliphatic heterocycles. The number of amides is 1. The molecule has 1 amide bonds. The zero-order chi connectivity index (χ0) is 16.2. The summed E-state index contributed by atoms with van der Waals surface area (Å²) in [5, 5.41) is 6.19. The van der Waals surface area contributed by atoms with Crippen molar-refractivity contribution in [1.29, 1.82) is 0 Å². The molecule has 128 valence electrons. The van der Waals surface area contributed by atoms with E-state index in [1.807, 2.05) is 25.1 Å². The quantitative estimate of drug-likeness (QED) is 0.864. The molecule has 2 N–H and O–H groups in total. The Balaban J connectivity index is 0.00000208. The Morgan fingerprint density at radius 3 is 2.79 bits per heavy atom. The summed E-state index contributed by atoms with van der Waals surface area (Å²) in [7, 11) is 1.59. The Morgan fingerprint density at radius 1 is 1.21 bits per heavy atom. The number of anilines is 2. The monoisotopic (exact) mass is 348 g/mol. The maximum atomic E-state index is 12.4. The zero-order valence-corrected chi connectivity index (χ0v) is 14.5. The van der Waals surface area contributed by atoms with Crippen LogP contribution in [0.2, 0.25) is 0 Å². The van der Waals surface area contributed by atoms with Gasteiger partial charge < -0.3 is 20.1 Å². The molecule has 0 bridgehead atoms. The second kappa shape index (κ2) is 7.93. The first kappa shape index (κ1) is 17.9. The van der Waals surface area contributed by atoms with Crippen LogP contribution in [0, 0.1) is 0 Å². The summed E-state index contributed by atoms with van der Waals surface area (Å²) in [4.78, 5) is 12.4. The fourth-order valence-electron chi connectivity index (χ4n) is 2.67. The highest BCUT2D eigenvalue weighted by Gasteiger charge is 2.14. The van der Waals surface area contributed by atoms with Crippen molar-refractivity contribution in [2.24, 2.45) is 0 Å². The number of benzene rings is 2. The molecule has 2 aromatic carbocycles. The smallest absolute Gasteiger partial charge is 0.255 e. The normalized spacial score (nSPS) is 11.8. The van der Waals surface area contributed by atoms with E-state index in [9.17, 15) is 4.79 Å². The van der Waals surface area contributed by atoms with E-state index in [1.54, 1.807) is 25.3 Å². The van der Waals surface area contributed by atoms with Gasteiger partial charge >= 0.3 is 0 Å². The average Bonchev–Trinajstić information content (AvgIpc) is 3.03. The minimum atomic E-state index is -0.132. The number of carbonyl (C=O) groups excluding carboxylic acids is 1. The van der Waals surface area contributed by atoms with Crippen LogP contribution in [-0.2, 0) is 6.42 Å². The standard InChI is InChI=1S/C18H20N2O3.ClH/c1-3-23-17-11-14(5-7-16(17)22-2)20-18(21)13-4-6-15-12(10-13)8-9-19-15;/h4-7,10-11,19H,3,8-9H2,1-2H3,(H,20,21);1H. The van der Waals surface area contributed by atoms with Crippen LogP contribution in [0.4, 0.5) is 11.4 Å². The summed E-state index contributed by atoms with van der Waals surface area (Å²) in [5.41, 5.74) is 3.63. The maximum absolute atomic E-state index is 12.4. The van der Waals surface area contributed by atoms with Crippen LogP contribution in [0.3, 0.4) is 0 Å². The highest BCUT2D eigenvalue weighted by molar-refractivity contribution is 6.04.